The van der Waals surface area contributed by atoms with Crippen molar-refractivity contribution in [3.63, 3.8) is 0 Å². The van der Waals surface area contributed by atoms with Crippen LogP contribution < -0.4 is 0 Å². The van der Waals surface area contributed by atoms with Gasteiger partial charge in [-0.1, -0.05) is 23.7 Å². The molecule has 5 heavy (non-hydrogen) atoms. The number of rotatable bonds is 0. The Hall–Kier alpha value is -0.880. The molecule has 0 amide bonds. The minimum atomic E-state index is 0. The first-order valence-corrected chi connectivity index (χ1v) is 1.50. The van der Waals surface area contributed by atoms with Crippen molar-refractivity contribution < 1.29 is 0 Å². The largest absolute Gasteiger partial charge is 0.213 e. The smallest absolute Gasteiger partial charge is 0.0532 e. The lowest BCUT2D eigenvalue weighted by Gasteiger charge is -1.64. The van der Waals surface area contributed by atoms with Crippen molar-refractivity contribution >= 4 is 0 Å². The first kappa shape index (κ1) is 1.53. The zero-order valence-electron chi connectivity index (χ0n) is 2.50. The van der Waals surface area contributed by atoms with Crippen LogP contribution in [0.2, 0.25) is 0 Å². The fourth-order valence-electron chi connectivity index (χ4n) is 0.250. The van der Waals surface area contributed by atoms with Gasteiger partial charge in [-0.15, -0.1) is 0 Å². The Labute approximate surface area is 30.2 Å². The predicted molar refractivity (Wildman–Crippen MR) is 18.0 cm³/mol. The molecule has 0 nitrogen and oxygen atoms in total. The summed E-state index contributed by atoms with van der Waals surface area (Å²) in [6, 6.07) is 0. The van der Waals surface area contributed by atoms with Gasteiger partial charge in [0.05, 0.1) is 0 Å². The SMILES string of the molecule is C1#CC12C#C2. The van der Waals surface area contributed by atoms with Crippen LogP contribution in [0.15, 0.2) is 0 Å². The lowest BCUT2D eigenvalue weighted by atomic mass is 10.3. The average molecular weight is 60.1 g/mol. The molecule has 0 heterocycles. The van der Waals surface area contributed by atoms with Crippen molar-refractivity contribution in [2.45, 2.75) is 0 Å². The summed E-state index contributed by atoms with van der Waals surface area (Å²) in [6.45, 7) is 0. The minimum absolute atomic E-state index is 0. The molecular weight excluding hydrogens is 60.1 g/mol. The Morgan fingerprint density at radius 1 is 0.800 bits per heavy atom. The van der Waals surface area contributed by atoms with E-state index in [2.05, 4.69) is 23.7 Å². The Kier molecular flexibility index (Phi) is 0.0516. The quantitative estimate of drug-likeness (QED) is 0.345. The summed E-state index contributed by atoms with van der Waals surface area (Å²) in [5.74, 6) is 11.2. The molecule has 0 bridgehead atoms. The van der Waals surface area contributed by atoms with Crippen LogP contribution in [-0.4, -0.2) is 0 Å². The van der Waals surface area contributed by atoms with E-state index >= 15 is 0 Å². The Bertz CT molecular complexity index is 146. The number of hydrogen-bond donors (Lipinski definition) is 0. The molecule has 0 aromatic carbocycles. The highest BCUT2D eigenvalue weighted by molar-refractivity contribution is 5.69. The summed E-state index contributed by atoms with van der Waals surface area (Å²) < 4.78 is 0. The number of hydrogen-bond acceptors (Lipinski definition) is 0. The molecule has 0 N–H and O–H groups in total. The van der Waals surface area contributed by atoms with Crippen LogP contribution in [0.5, 0.6) is 0 Å². The van der Waals surface area contributed by atoms with Gasteiger partial charge in [-0.3, -0.25) is 0 Å². The molecule has 0 aromatic heterocycles. The second-order valence-corrected chi connectivity index (χ2v) is 1.25. The normalized spacial score (nSPS) is 25.6. The van der Waals surface area contributed by atoms with Gasteiger partial charge < -0.3 is 0 Å². The predicted octanol–water partition coefficient (Wildman–Crippen LogP) is 0.00680. The third kappa shape index (κ3) is 0.0471. The second kappa shape index (κ2) is 0.169. The van der Waals surface area contributed by atoms with Crippen molar-refractivity contribution in [2.75, 3.05) is 0 Å². The second-order valence-electron chi connectivity index (χ2n) is 1.25. The van der Waals surface area contributed by atoms with Crippen LogP contribution in [0.4, 0.5) is 0 Å². The summed E-state index contributed by atoms with van der Waals surface area (Å²) in [6.07, 6.45) is 0. The molecule has 0 heteroatoms. The molecule has 0 atom stereocenters. The monoisotopic (exact) mass is 60.0 g/mol. The molecule has 2 rings (SSSR count). The maximum Gasteiger partial charge on any atom is 0.213 e. The first-order chi connectivity index (χ1) is 2.41. The van der Waals surface area contributed by atoms with Crippen LogP contribution >= 0.6 is 0 Å². The molecule has 0 saturated carbocycles. The van der Waals surface area contributed by atoms with E-state index in [-0.39, 0.29) is 5.41 Å². The minimum Gasteiger partial charge on any atom is -0.0532 e. The molecule has 0 saturated heterocycles. The third-order valence-corrected chi connectivity index (χ3v) is 0.750. The summed E-state index contributed by atoms with van der Waals surface area (Å²) in [5.41, 5.74) is 0. The molecule has 0 aliphatic heterocycles. The molecule has 2 aliphatic carbocycles. The van der Waals surface area contributed by atoms with E-state index in [0.717, 1.165) is 0 Å². The van der Waals surface area contributed by atoms with Crippen molar-refractivity contribution in [3.05, 3.63) is 0 Å². The lowest BCUT2D eigenvalue weighted by molar-refractivity contribution is 1.21. The van der Waals surface area contributed by atoms with Gasteiger partial charge in [0, 0.05) is 0 Å². The fraction of sp³-hybridized carbons (Fsp3) is 0.200. The van der Waals surface area contributed by atoms with Crippen LogP contribution in [-0.2, 0) is 0 Å². The Morgan fingerprint density at radius 3 is 1.20 bits per heavy atom. The highest BCUT2D eigenvalue weighted by Gasteiger charge is 2.38. The van der Waals surface area contributed by atoms with Crippen molar-refractivity contribution in [1.82, 2.24) is 0 Å². The molecular formula is C5. The molecule has 1 spiro atoms. The molecule has 20 valence electrons. The summed E-state index contributed by atoms with van der Waals surface area (Å²) >= 11 is 0. The van der Waals surface area contributed by atoms with Gasteiger partial charge in [-0.2, -0.15) is 0 Å². The first-order valence-electron chi connectivity index (χ1n) is 1.50. The van der Waals surface area contributed by atoms with Gasteiger partial charge in [0.2, 0.25) is 5.41 Å². The van der Waals surface area contributed by atoms with Gasteiger partial charge >= 0.3 is 0 Å². The maximum atomic E-state index is 2.81. The topological polar surface area (TPSA) is 0 Å². The van der Waals surface area contributed by atoms with E-state index in [1.807, 2.05) is 0 Å². The molecule has 2 aliphatic rings. The van der Waals surface area contributed by atoms with Crippen molar-refractivity contribution in [2.24, 2.45) is 5.41 Å². The third-order valence-electron chi connectivity index (χ3n) is 0.750. The van der Waals surface area contributed by atoms with Crippen molar-refractivity contribution in [1.29, 1.82) is 0 Å². The van der Waals surface area contributed by atoms with Gasteiger partial charge in [-0.05, 0) is 0 Å². The fourth-order valence-corrected chi connectivity index (χ4v) is 0.250. The van der Waals surface area contributed by atoms with Crippen LogP contribution in [0, 0.1) is 29.1 Å². The van der Waals surface area contributed by atoms with E-state index in [1.165, 1.54) is 0 Å². The maximum absolute atomic E-state index is 2.81. The highest BCUT2D eigenvalue weighted by atomic mass is 14.3. The van der Waals surface area contributed by atoms with Gasteiger partial charge in [0.15, 0.2) is 0 Å². The highest BCUT2D eigenvalue weighted by Crippen LogP contribution is 2.31. The summed E-state index contributed by atoms with van der Waals surface area (Å²) in [5, 5.41) is 0. The molecule has 0 aromatic rings. The summed E-state index contributed by atoms with van der Waals surface area (Å²) in [7, 11) is 0. The van der Waals surface area contributed by atoms with E-state index in [1.54, 1.807) is 0 Å². The molecule has 0 fully saturated rings. The van der Waals surface area contributed by atoms with Crippen molar-refractivity contribution in [3.8, 4) is 23.7 Å². The zero-order chi connectivity index (χ0) is 3.33. The van der Waals surface area contributed by atoms with Crippen LogP contribution in [0.1, 0.15) is 0 Å². The van der Waals surface area contributed by atoms with E-state index in [4.69, 9.17) is 0 Å². The zero-order valence-corrected chi connectivity index (χ0v) is 2.50. The van der Waals surface area contributed by atoms with Crippen LogP contribution in [0.3, 0.4) is 0 Å². The summed E-state index contributed by atoms with van der Waals surface area (Å²) in [4.78, 5) is 0. The van der Waals surface area contributed by atoms with Crippen LogP contribution in [0.25, 0.3) is 0 Å². The average Bonchev–Trinajstić information content (AvgIpc) is 2.17. The standard InChI is InChI=1S/C5/c1-2-5(1)3-4-5. The Morgan fingerprint density at radius 2 is 1.20 bits per heavy atom. The molecule has 0 unspecified atom stereocenters. The van der Waals surface area contributed by atoms with Gasteiger partial charge in [0.25, 0.3) is 0 Å². The van der Waals surface area contributed by atoms with E-state index in [9.17, 15) is 0 Å². The lowest BCUT2D eigenvalue weighted by Crippen LogP contribution is -1.73. The Balaban J connectivity index is 2.48. The van der Waals surface area contributed by atoms with E-state index < -0.39 is 0 Å². The molecule has 0 radical (unpaired) electrons. The van der Waals surface area contributed by atoms with Gasteiger partial charge in [0.1, 0.15) is 0 Å². The van der Waals surface area contributed by atoms with E-state index in [0.29, 0.717) is 0 Å². The van der Waals surface area contributed by atoms with Gasteiger partial charge in [-0.25, -0.2) is 0 Å².